The van der Waals surface area contributed by atoms with Crippen LogP contribution >= 0.6 is 0 Å². The van der Waals surface area contributed by atoms with Crippen molar-refractivity contribution in [2.24, 2.45) is 5.92 Å². The van der Waals surface area contributed by atoms with Crippen LogP contribution in [0.15, 0.2) is 0 Å². The highest BCUT2D eigenvalue weighted by atomic mass is 16.5. The lowest BCUT2D eigenvalue weighted by molar-refractivity contribution is -0.00834. The molecule has 1 aliphatic carbocycles. The zero-order valence-electron chi connectivity index (χ0n) is 7.42. The quantitative estimate of drug-likeness (QED) is 0.587. The zero-order chi connectivity index (χ0) is 8.23. The summed E-state index contributed by atoms with van der Waals surface area (Å²) in [4.78, 5) is 0. The average Bonchev–Trinajstić information content (AvgIpc) is 2.76. The van der Waals surface area contributed by atoms with Crippen LogP contribution in [0.1, 0.15) is 12.8 Å². The Morgan fingerprint density at radius 1 is 1.33 bits per heavy atom. The van der Waals surface area contributed by atoms with Gasteiger partial charge < -0.3 is 14.8 Å². The number of nitrogens with one attached hydrogen (secondary N) is 1. The maximum atomic E-state index is 5.47. The van der Waals surface area contributed by atoms with Crippen molar-refractivity contribution in [2.45, 2.75) is 18.9 Å². The molecule has 3 nitrogen and oxygen atoms in total. The van der Waals surface area contributed by atoms with Crippen molar-refractivity contribution in [3.63, 3.8) is 0 Å². The van der Waals surface area contributed by atoms with E-state index in [0.717, 1.165) is 38.9 Å². The second kappa shape index (κ2) is 4.21. The maximum Gasteiger partial charge on any atom is 0.0643 e. The van der Waals surface area contributed by atoms with Crippen LogP contribution in [0.2, 0.25) is 0 Å². The van der Waals surface area contributed by atoms with Crippen molar-refractivity contribution in [3.05, 3.63) is 0 Å². The Morgan fingerprint density at radius 2 is 2.17 bits per heavy atom. The minimum atomic E-state index is 0.592. The number of ether oxygens (including phenoxy) is 2. The molecule has 0 amide bonds. The van der Waals surface area contributed by atoms with E-state index in [0.29, 0.717) is 6.04 Å². The normalized spacial score (nSPS) is 24.0. The van der Waals surface area contributed by atoms with E-state index in [1.54, 1.807) is 0 Å². The molecule has 1 aliphatic heterocycles. The topological polar surface area (TPSA) is 30.5 Å². The first-order chi connectivity index (χ1) is 5.95. The monoisotopic (exact) mass is 171 g/mol. The molecule has 2 aliphatic rings. The molecule has 0 atom stereocenters. The summed E-state index contributed by atoms with van der Waals surface area (Å²) in [5.41, 5.74) is 0. The van der Waals surface area contributed by atoms with Gasteiger partial charge in [-0.05, 0) is 18.8 Å². The van der Waals surface area contributed by atoms with Gasteiger partial charge in [-0.1, -0.05) is 0 Å². The Morgan fingerprint density at radius 3 is 2.75 bits per heavy atom. The number of hydrogen-bond acceptors (Lipinski definition) is 3. The third-order valence-corrected chi connectivity index (χ3v) is 2.37. The third kappa shape index (κ3) is 2.73. The van der Waals surface area contributed by atoms with Crippen LogP contribution in [-0.4, -0.2) is 39.0 Å². The summed E-state index contributed by atoms with van der Waals surface area (Å²) in [5, 5.41) is 3.36. The van der Waals surface area contributed by atoms with Crippen LogP contribution in [0.5, 0.6) is 0 Å². The van der Waals surface area contributed by atoms with Crippen molar-refractivity contribution in [3.8, 4) is 0 Å². The van der Waals surface area contributed by atoms with Crippen LogP contribution in [0, 0.1) is 5.92 Å². The molecule has 12 heavy (non-hydrogen) atoms. The van der Waals surface area contributed by atoms with Gasteiger partial charge in [-0.3, -0.25) is 0 Å². The minimum Gasteiger partial charge on any atom is -0.380 e. The van der Waals surface area contributed by atoms with Crippen molar-refractivity contribution in [2.75, 3.05) is 33.0 Å². The Bertz CT molecular complexity index is 132. The lowest BCUT2D eigenvalue weighted by atomic mass is 10.2. The Labute approximate surface area is 73.4 Å². The highest BCUT2D eigenvalue weighted by Crippen LogP contribution is 2.28. The van der Waals surface area contributed by atoms with Gasteiger partial charge in [0.15, 0.2) is 0 Å². The van der Waals surface area contributed by atoms with Crippen LogP contribution in [-0.2, 0) is 9.47 Å². The smallest absolute Gasteiger partial charge is 0.0643 e. The molecular weight excluding hydrogens is 154 g/mol. The fourth-order valence-corrected chi connectivity index (χ4v) is 1.22. The molecule has 0 aromatic heterocycles. The Balaban J connectivity index is 1.35. The van der Waals surface area contributed by atoms with Gasteiger partial charge in [-0.15, -0.1) is 0 Å². The molecule has 1 heterocycles. The molecule has 1 saturated carbocycles. The average molecular weight is 171 g/mol. The largest absolute Gasteiger partial charge is 0.380 e. The molecule has 2 fully saturated rings. The molecule has 1 saturated heterocycles. The van der Waals surface area contributed by atoms with E-state index in [2.05, 4.69) is 5.32 Å². The van der Waals surface area contributed by atoms with Gasteiger partial charge in [0.2, 0.25) is 0 Å². The summed E-state index contributed by atoms with van der Waals surface area (Å²) < 4.78 is 10.5. The van der Waals surface area contributed by atoms with Crippen LogP contribution in [0.3, 0.4) is 0 Å². The fourth-order valence-electron chi connectivity index (χ4n) is 1.22. The molecule has 1 N–H and O–H groups in total. The first-order valence-corrected chi connectivity index (χ1v) is 4.84. The summed E-state index contributed by atoms with van der Waals surface area (Å²) >= 11 is 0. The van der Waals surface area contributed by atoms with Gasteiger partial charge in [0.1, 0.15) is 0 Å². The first-order valence-electron chi connectivity index (χ1n) is 4.84. The lowest BCUT2D eigenvalue weighted by Gasteiger charge is -2.26. The van der Waals surface area contributed by atoms with Crippen molar-refractivity contribution >= 4 is 0 Å². The molecule has 0 unspecified atom stereocenters. The van der Waals surface area contributed by atoms with Gasteiger partial charge in [-0.25, -0.2) is 0 Å². The van der Waals surface area contributed by atoms with E-state index in [1.165, 1.54) is 12.8 Å². The molecule has 0 bridgehead atoms. The number of rotatable bonds is 6. The SMILES string of the molecule is C(COCC1CC1)NC1COC1. The van der Waals surface area contributed by atoms with Gasteiger partial charge in [0.25, 0.3) is 0 Å². The fraction of sp³-hybridized carbons (Fsp3) is 1.00. The van der Waals surface area contributed by atoms with Gasteiger partial charge in [0, 0.05) is 13.2 Å². The van der Waals surface area contributed by atoms with E-state index < -0.39 is 0 Å². The Kier molecular flexibility index (Phi) is 2.98. The van der Waals surface area contributed by atoms with E-state index >= 15 is 0 Å². The molecular formula is C9H17NO2. The second-order valence-electron chi connectivity index (χ2n) is 3.71. The summed E-state index contributed by atoms with van der Waals surface area (Å²) in [6.07, 6.45) is 2.76. The predicted octanol–water partition coefficient (Wildman–Crippen LogP) is 0.401. The van der Waals surface area contributed by atoms with E-state index in [9.17, 15) is 0 Å². The summed E-state index contributed by atoms with van der Waals surface area (Å²) in [5.74, 6) is 0.886. The molecule has 70 valence electrons. The highest BCUT2D eigenvalue weighted by molar-refractivity contribution is 4.73. The molecule has 0 aromatic rings. The molecule has 3 heteroatoms. The van der Waals surface area contributed by atoms with Gasteiger partial charge in [-0.2, -0.15) is 0 Å². The molecule has 2 rings (SSSR count). The van der Waals surface area contributed by atoms with Crippen LogP contribution in [0.25, 0.3) is 0 Å². The zero-order valence-corrected chi connectivity index (χ0v) is 7.42. The lowest BCUT2D eigenvalue weighted by Crippen LogP contribution is -2.47. The van der Waals surface area contributed by atoms with Crippen molar-refractivity contribution in [1.29, 1.82) is 0 Å². The summed E-state index contributed by atoms with van der Waals surface area (Å²) in [7, 11) is 0. The Hall–Kier alpha value is -0.120. The molecule has 0 radical (unpaired) electrons. The van der Waals surface area contributed by atoms with E-state index in [1.807, 2.05) is 0 Å². The van der Waals surface area contributed by atoms with Crippen molar-refractivity contribution in [1.82, 2.24) is 5.32 Å². The van der Waals surface area contributed by atoms with Crippen molar-refractivity contribution < 1.29 is 9.47 Å². The minimum absolute atomic E-state index is 0.592. The predicted molar refractivity (Wildman–Crippen MR) is 46.2 cm³/mol. The summed E-state index contributed by atoms with van der Waals surface area (Å²) in [6.45, 7) is 4.56. The molecule has 0 aromatic carbocycles. The molecule has 0 spiro atoms. The highest BCUT2D eigenvalue weighted by Gasteiger charge is 2.21. The third-order valence-electron chi connectivity index (χ3n) is 2.37. The van der Waals surface area contributed by atoms with Crippen LogP contribution in [0.4, 0.5) is 0 Å². The first kappa shape index (κ1) is 8.48. The van der Waals surface area contributed by atoms with E-state index in [-0.39, 0.29) is 0 Å². The summed E-state index contributed by atoms with van der Waals surface area (Å²) in [6, 6.07) is 0.592. The van der Waals surface area contributed by atoms with Gasteiger partial charge >= 0.3 is 0 Å². The standard InChI is InChI=1S/C9H17NO2/c1-2-8(1)5-11-4-3-10-9-6-12-7-9/h8-10H,1-7H2. The van der Waals surface area contributed by atoms with Crippen LogP contribution < -0.4 is 5.32 Å². The second-order valence-corrected chi connectivity index (χ2v) is 3.71. The number of hydrogen-bond donors (Lipinski definition) is 1. The van der Waals surface area contributed by atoms with Gasteiger partial charge in [0.05, 0.1) is 25.9 Å². The van der Waals surface area contributed by atoms with E-state index in [4.69, 9.17) is 9.47 Å². The maximum absolute atomic E-state index is 5.47.